The number of benzene rings is 1. The summed E-state index contributed by atoms with van der Waals surface area (Å²) in [5.74, 6) is 0.335. The van der Waals surface area contributed by atoms with E-state index < -0.39 is 0 Å². The minimum atomic E-state index is -0.296. The summed E-state index contributed by atoms with van der Waals surface area (Å²) >= 11 is 0. The van der Waals surface area contributed by atoms with Gasteiger partial charge in [0.2, 0.25) is 0 Å². The molecule has 2 aromatic rings. The number of rotatable bonds is 2. The molecule has 1 fully saturated rings. The minimum absolute atomic E-state index is 0.0796. The maximum Gasteiger partial charge on any atom is 0.254 e. The molecule has 4 nitrogen and oxygen atoms in total. The highest BCUT2D eigenvalue weighted by Gasteiger charge is 2.33. The van der Waals surface area contributed by atoms with Crippen molar-refractivity contribution in [2.45, 2.75) is 32.7 Å². The normalized spacial score (nSPS) is 18.2. The van der Waals surface area contributed by atoms with Gasteiger partial charge >= 0.3 is 0 Å². The van der Waals surface area contributed by atoms with E-state index >= 15 is 0 Å². The number of hydrogen-bond donors (Lipinski definition) is 0. The van der Waals surface area contributed by atoms with Gasteiger partial charge in [-0.05, 0) is 50.5 Å². The third-order valence-corrected chi connectivity index (χ3v) is 3.89. The molecule has 1 amide bonds. The number of aromatic nitrogens is 1. The Hall–Kier alpha value is -2.17. The summed E-state index contributed by atoms with van der Waals surface area (Å²) in [5.41, 5.74) is 1.80. The SMILES string of the molecule is Cc1cc(C2CCCN2C(=O)c2ccc(F)c(C)c2)on1. The highest BCUT2D eigenvalue weighted by Crippen LogP contribution is 2.33. The summed E-state index contributed by atoms with van der Waals surface area (Å²) in [7, 11) is 0. The Morgan fingerprint density at radius 2 is 2.19 bits per heavy atom. The lowest BCUT2D eigenvalue weighted by Crippen LogP contribution is -2.30. The third kappa shape index (κ3) is 2.55. The molecule has 0 saturated carbocycles. The molecule has 1 aromatic heterocycles. The Morgan fingerprint density at radius 1 is 1.38 bits per heavy atom. The van der Waals surface area contributed by atoms with E-state index in [2.05, 4.69) is 5.16 Å². The zero-order chi connectivity index (χ0) is 15.0. The second-order valence-electron chi connectivity index (χ2n) is 5.49. The largest absolute Gasteiger partial charge is 0.359 e. The number of halogens is 1. The van der Waals surface area contributed by atoms with Crippen molar-refractivity contribution in [3.05, 3.63) is 52.7 Å². The minimum Gasteiger partial charge on any atom is -0.359 e. The van der Waals surface area contributed by atoms with Gasteiger partial charge in [-0.25, -0.2) is 4.39 Å². The highest BCUT2D eigenvalue weighted by molar-refractivity contribution is 5.94. The predicted octanol–water partition coefficient (Wildman–Crippen LogP) is 3.41. The van der Waals surface area contributed by atoms with Crippen molar-refractivity contribution in [2.24, 2.45) is 0 Å². The lowest BCUT2D eigenvalue weighted by molar-refractivity contribution is 0.0714. The van der Waals surface area contributed by atoms with Crippen LogP contribution in [-0.2, 0) is 0 Å². The highest BCUT2D eigenvalue weighted by atomic mass is 19.1. The summed E-state index contributed by atoms with van der Waals surface area (Å²) in [4.78, 5) is 14.4. The van der Waals surface area contributed by atoms with Crippen LogP contribution < -0.4 is 0 Å². The first-order chi connectivity index (χ1) is 10.1. The van der Waals surface area contributed by atoms with Gasteiger partial charge in [0.1, 0.15) is 5.82 Å². The Bertz CT molecular complexity index is 681. The molecule has 3 rings (SSSR count). The summed E-state index contributed by atoms with van der Waals surface area (Å²) in [6, 6.07) is 6.26. The van der Waals surface area contributed by atoms with Crippen molar-refractivity contribution in [1.82, 2.24) is 10.1 Å². The number of amides is 1. The summed E-state index contributed by atoms with van der Waals surface area (Å²) in [5, 5.41) is 3.89. The number of likely N-dealkylation sites (tertiary alicyclic amines) is 1. The van der Waals surface area contributed by atoms with E-state index in [4.69, 9.17) is 4.52 Å². The molecule has 0 N–H and O–H groups in total. The number of carbonyl (C=O) groups excluding carboxylic acids is 1. The lowest BCUT2D eigenvalue weighted by atomic mass is 10.1. The first kappa shape index (κ1) is 13.8. The van der Waals surface area contributed by atoms with Crippen LogP contribution in [0.3, 0.4) is 0 Å². The van der Waals surface area contributed by atoms with Crippen molar-refractivity contribution in [3.8, 4) is 0 Å². The third-order valence-electron chi connectivity index (χ3n) is 3.89. The van der Waals surface area contributed by atoms with Gasteiger partial charge in [-0.2, -0.15) is 0 Å². The van der Waals surface area contributed by atoms with Crippen LogP contribution in [0.2, 0.25) is 0 Å². The average Bonchev–Trinajstić information content (AvgIpc) is 3.09. The van der Waals surface area contributed by atoms with Crippen molar-refractivity contribution in [1.29, 1.82) is 0 Å². The smallest absolute Gasteiger partial charge is 0.254 e. The van der Waals surface area contributed by atoms with Gasteiger partial charge in [0.05, 0.1) is 11.7 Å². The van der Waals surface area contributed by atoms with Gasteiger partial charge in [0.15, 0.2) is 5.76 Å². The van der Waals surface area contributed by atoms with Crippen LogP contribution in [-0.4, -0.2) is 22.5 Å². The van der Waals surface area contributed by atoms with Gasteiger partial charge in [0.25, 0.3) is 5.91 Å². The Kier molecular flexibility index (Phi) is 3.49. The molecule has 2 heterocycles. The molecule has 1 saturated heterocycles. The quantitative estimate of drug-likeness (QED) is 0.850. The maximum atomic E-state index is 13.3. The van der Waals surface area contributed by atoms with E-state index in [1.807, 2.05) is 13.0 Å². The van der Waals surface area contributed by atoms with Gasteiger partial charge in [-0.3, -0.25) is 4.79 Å². The molecular weight excluding hydrogens is 271 g/mol. The number of nitrogens with zero attached hydrogens (tertiary/aromatic N) is 2. The first-order valence-corrected chi connectivity index (χ1v) is 7.06. The molecule has 0 bridgehead atoms. The van der Waals surface area contributed by atoms with Crippen molar-refractivity contribution < 1.29 is 13.7 Å². The fraction of sp³-hybridized carbons (Fsp3) is 0.375. The van der Waals surface area contributed by atoms with Crippen LogP contribution in [0.25, 0.3) is 0 Å². The van der Waals surface area contributed by atoms with Crippen molar-refractivity contribution in [2.75, 3.05) is 6.54 Å². The molecule has 110 valence electrons. The molecule has 0 radical (unpaired) electrons. The molecule has 1 atom stereocenters. The maximum absolute atomic E-state index is 13.3. The molecule has 0 aliphatic carbocycles. The summed E-state index contributed by atoms with van der Waals surface area (Å²) < 4.78 is 18.6. The molecule has 0 spiro atoms. The van der Waals surface area contributed by atoms with Crippen molar-refractivity contribution in [3.63, 3.8) is 0 Å². The van der Waals surface area contributed by atoms with Gasteiger partial charge in [-0.1, -0.05) is 5.16 Å². The van der Waals surface area contributed by atoms with E-state index in [9.17, 15) is 9.18 Å². The zero-order valence-electron chi connectivity index (χ0n) is 12.1. The van der Waals surface area contributed by atoms with Crippen LogP contribution in [0.15, 0.2) is 28.8 Å². The van der Waals surface area contributed by atoms with E-state index in [0.29, 0.717) is 17.7 Å². The molecule has 1 aliphatic heterocycles. The number of aryl methyl sites for hydroxylation is 2. The lowest BCUT2D eigenvalue weighted by Gasteiger charge is -2.22. The van der Waals surface area contributed by atoms with Crippen LogP contribution in [0, 0.1) is 19.7 Å². The molecule has 1 unspecified atom stereocenters. The van der Waals surface area contributed by atoms with E-state index in [-0.39, 0.29) is 17.8 Å². The molecule has 1 aliphatic rings. The Labute approximate surface area is 122 Å². The summed E-state index contributed by atoms with van der Waals surface area (Å²) in [6.45, 7) is 4.20. The summed E-state index contributed by atoms with van der Waals surface area (Å²) in [6.07, 6.45) is 1.79. The molecule has 1 aromatic carbocycles. The second-order valence-corrected chi connectivity index (χ2v) is 5.49. The Balaban J connectivity index is 1.87. The van der Waals surface area contributed by atoms with Crippen LogP contribution in [0.1, 0.15) is 46.3 Å². The predicted molar refractivity (Wildman–Crippen MR) is 75.4 cm³/mol. The monoisotopic (exact) mass is 288 g/mol. The van der Waals surface area contributed by atoms with E-state index in [1.54, 1.807) is 17.9 Å². The molecule has 21 heavy (non-hydrogen) atoms. The standard InChI is InChI=1S/C16H17FN2O2/c1-10-8-12(5-6-13(10)17)16(20)19-7-3-4-14(19)15-9-11(2)18-21-15/h5-6,8-9,14H,3-4,7H2,1-2H3. The second kappa shape index (κ2) is 5.31. The number of carbonyl (C=O) groups is 1. The average molecular weight is 288 g/mol. The van der Waals surface area contributed by atoms with E-state index in [1.165, 1.54) is 12.1 Å². The van der Waals surface area contributed by atoms with Gasteiger partial charge < -0.3 is 9.42 Å². The fourth-order valence-electron chi connectivity index (χ4n) is 2.79. The van der Waals surface area contributed by atoms with Crippen molar-refractivity contribution >= 4 is 5.91 Å². The van der Waals surface area contributed by atoms with E-state index in [0.717, 1.165) is 24.3 Å². The van der Waals surface area contributed by atoms with Gasteiger partial charge in [0, 0.05) is 18.2 Å². The van der Waals surface area contributed by atoms with Crippen LogP contribution in [0.5, 0.6) is 0 Å². The van der Waals surface area contributed by atoms with Gasteiger partial charge in [-0.15, -0.1) is 0 Å². The number of hydrogen-bond acceptors (Lipinski definition) is 3. The van der Waals surface area contributed by atoms with Crippen LogP contribution >= 0.6 is 0 Å². The topological polar surface area (TPSA) is 46.3 Å². The fourth-order valence-corrected chi connectivity index (χ4v) is 2.79. The molecular formula is C16H17FN2O2. The molecule has 5 heteroatoms. The first-order valence-electron chi connectivity index (χ1n) is 7.06. The van der Waals surface area contributed by atoms with Crippen LogP contribution in [0.4, 0.5) is 4.39 Å². The zero-order valence-corrected chi connectivity index (χ0v) is 12.1. The Morgan fingerprint density at radius 3 is 2.86 bits per heavy atom.